The number of hydrogen-bond donors (Lipinski definition) is 1. The quantitative estimate of drug-likeness (QED) is 0.907. The van der Waals surface area contributed by atoms with Crippen molar-refractivity contribution < 1.29 is 18.3 Å². The van der Waals surface area contributed by atoms with E-state index in [9.17, 15) is 13.5 Å². The molecule has 1 aliphatic rings. The Morgan fingerprint density at radius 2 is 2.00 bits per heavy atom. The zero-order chi connectivity index (χ0) is 14.8. The van der Waals surface area contributed by atoms with E-state index in [1.54, 1.807) is 12.1 Å². The van der Waals surface area contributed by atoms with Gasteiger partial charge in [0.2, 0.25) is 10.0 Å². The minimum absolute atomic E-state index is 0.233. The molecule has 0 saturated carbocycles. The highest BCUT2D eigenvalue weighted by atomic mass is 32.2. The van der Waals surface area contributed by atoms with E-state index in [0.29, 0.717) is 12.5 Å². The van der Waals surface area contributed by atoms with Crippen LogP contribution >= 0.6 is 0 Å². The summed E-state index contributed by atoms with van der Waals surface area (Å²) in [6.07, 6.45) is 0. The normalized spacial score (nSPS) is 21.3. The van der Waals surface area contributed by atoms with Crippen LogP contribution < -0.4 is 0 Å². The maximum absolute atomic E-state index is 12.6. The number of hydrogen-bond acceptors (Lipinski definition) is 4. The number of sulfonamides is 1. The third-order valence-electron chi connectivity index (χ3n) is 3.54. The standard InChI is InChI=1S/C14H21NO4S/c1-11(2)12-3-5-14(6-4-12)20(17,18)15-7-8-19-10-13(15)9-16/h3-6,11,13,16H,7-10H2,1-2H3. The van der Waals surface area contributed by atoms with E-state index in [-0.39, 0.29) is 24.7 Å². The van der Waals surface area contributed by atoms with Gasteiger partial charge < -0.3 is 9.84 Å². The maximum atomic E-state index is 12.6. The van der Waals surface area contributed by atoms with Crippen LogP contribution in [-0.4, -0.2) is 50.2 Å². The predicted octanol–water partition coefficient (Wildman–Crippen LogP) is 1.19. The molecule has 0 aromatic heterocycles. The van der Waals surface area contributed by atoms with Crippen molar-refractivity contribution >= 4 is 10.0 Å². The molecule has 0 aliphatic carbocycles. The van der Waals surface area contributed by atoms with Crippen LogP contribution in [0.1, 0.15) is 25.3 Å². The van der Waals surface area contributed by atoms with Crippen molar-refractivity contribution in [2.24, 2.45) is 0 Å². The molecule has 0 radical (unpaired) electrons. The third-order valence-corrected chi connectivity index (χ3v) is 5.50. The lowest BCUT2D eigenvalue weighted by molar-refractivity contribution is 0.0109. The van der Waals surface area contributed by atoms with E-state index in [0.717, 1.165) is 5.56 Å². The topological polar surface area (TPSA) is 66.8 Å². The molecule has 0 spiro atoms. The zero-order valence-corrected chi connectivity index (χ0v) is 12.6. The summed E-state index contributed by atoms with van der Waals surface area (Å²) in [6.45, 7) is 4.77. The van der Waals surface area contributed by atoms with Gasteiger partial charge in [-0.3, -0.25) is 0 Å². The summed E-state index contributed by atoms with van der Waals surface area (Å²) < 4.78 is 31.7. The van der Waals surface area contributed by atoms with Gasteiger partial charge in [0.15, 0.2) is 0 Å². The molecule has 1 aromatic rings. The van der Waals surface area contributed by atoms with Crippen LogP contribution in [0, 0.1) is 0 Å². The van der Waals surface area contributed by atoms with Gasteiger partial charge in [0, 0.05) is 6.54 Å². The van der Waals surface area contributed by atoms with Crippen LogP contribution in [0.3, 0.4) is 0 Å². The molecule has 1 saturated heterocycles. The lowest BCUT2D eigenvalue weighted by Crippen LogP contribution is -2.50. The Balaban J connectivity index is 2.29. The van der Waals surface area contributed by atoms with E-state index in [2.05, 4.69) is 13.8 Å². The molecule has 6 heteroatoms. The Kier molecular flexibility index (Phi) is 4.80. The molecule has 2 rings (SSSR count). The van der Waals surface area contributed by atoms with Crippen molar-refractivity contribution in [2.45, 2.75) is 30.7 Å². The SMILES string of the molecule is CC(C)c1ccc(S(=O)(=O)N2CCOCC2CO)cc1. The highest BCUT2D eigenvalue weighted by Crippen LogP contribution is 2.22. The van der Waals surface area contributed by atoms with Crippen LogP contribution in [-0.2, 0) is 14.8 Å². The van der Waals surface area contributed by atoms with Crippen LogP contribution in [0.25, 0.3) is 0 Å². The molecule has 1 heterocycles. The monoisotopic (exact) mass is 299 g/mol. The number of morpholine rings is 1. The van der Waals surface area contributed by atoms with E-state index in [1.807, 2.05) is 12.1 Å². The molecule has 0 amide bonds. The van der Waals surface area contributed by atoms with Gasteiger partial charge in [0.05, 0.1) is 30.8 Å². The molecule has 1 aromatic carbocycles. The molecule has 1 atom stereocenters. The summed E-state index contributed by atoms with van der Waals surface area (Å²) in [5.41, 5.74) is 1.10. The van der Waals surface area contributed by atoms with E-state index >= 15 is 0 Å². The average molecular weight is 299 g/mol. The summed E-state index contributed by atoms with van der Waals surface area (Å²) in [5, 5.41) is 9.30. The summed E-state index contributed by atoms with van der Waals surface area (Å²) in [6, 6.07) is 6.44. The van der Waals surface area contributed by atoms with Gasteiger partial charge in [-0.15, -0.1) is 0 Å². The van der Waals surface area contributed by atoms with Crippen LogP contribution in [0.4, 0.5) is 0 Å². The smallest absolute Gasteiger partial charge is 0.243 e. The molecule has 1 unspecified atom stereocenters. The summed E-state index contributed by atoms with van der Waals surface area (Å²) in [7, 11) is -3.57. The Morgan fingerprint density at radius 3 is 2.55 bits per heavy atom. The number of rotatable bonds is 4. The minimum atomic E-state index is -3.57. The molecule has 112 valence electrons. The molecular weight excluding hydrogens is 278 g/mol. The molecule has 1 N–H and O–H groups in total. The fourth-order valence-electron chi connectivity index (χ4n) is 2.26. The fraction of sp³-hybridized carbons (Fsp3) is 0.571. The number of aliphatic hydroxyl groups excluding tert-OH is 1. The van der Waals surface area contributed by atoms with E-state index in [1.165, 1.54) is 4.31 Å². The average Bonchev–Trinajstić information content (AvgIpc) is 2.47. The van der Waals surface area contributed by atoms with Gasteiger partial charge in [0.1, 0.15) is 0 Å². The minimum Gasteiger partial charge on any atom is -0.395 e. The predicted molar refractivity (Wildman–Crippen MR) is 76.1 cm³/mol. The van der Waals surface area contributed by atoms with Crippen molar-refractivity contribution in [3.8, 4) is 0 Å². The molecule has 20 heavy (non-hydrogen) atoms. The Bertz CT molecular complexity index is 539. The van der Waals surface area contributed by atoms with Crippen LogP contribution in [0.2, 0.25) is 0 Å². The zero-order valence-electron chi connectivity index (χ0n) is 11.8. The molecule has 5 nitrogen and oxygen atoms in total. The number of aliphatic hydroxyl groups is 1. The van der Waals surface area contributed by atoms with Crippen molar-refractivity contribution in [1.82, 2.24) is 4.31 Å². The maximum Gasteiger partial charge on any atom is 0.243 e. The third kappa shape index (κ3) is 3.03. The van der Waals surface area contributed by atoms with Gasteiger partial charge >= 0.3 is 0 Å². The van der Waals surface area contributed by atoms with Gasteiger partial charge in [-0.25, -0.2) is 8.42 Å². The first-order valence-electron chi connectivity index (χ1n) is 6.77. The summed E-state index contributed by atoms with van der Waals surface area (Å²) in [4.78, 5) is 0.266. The van der Waals surface area contributed by atoms with Crippen LogP contribution in [0.15, 0.2) is 29.2 Å². The van der Waals surface area contributed by atoms with Crippen molar-refractivity contribution in [3.05, 3.63) is 29.8 Å². The number of benzene rings is 1. The lowest BCUT2D eigenvalue weighted by atomic mass is 10.0. The fourth-order valence-corrected chi connectivity index (χ4v) is 3.85. The first-order valence-corrected chi connectivity index (χ1v) is 8.21. The largest absolute Gasteiger partial charge is 0.395 e. The summed E-state index contributed by atoms with van der Waals surface area (Å²) >= 11 is 0. The van der Waals surface area contributed by atoms with Gasteiger partial charge in [-0.05, 0) is 23.6 Å². The number of nitrogens with zero attached hydrogens (tertiary/aromatic N) is 1. The second kappa shape index (κ2) is 6.22. The highest BCUT2D eigenvalue weighted by molar-refractivity contribution is 7.89. The van der Waals surface area contributed by atoms with Crippen LogP contribution in [0.5, 0.6) is 0 Å². The number of ether oxygens (including phenoxy) is 1. The van der Waals surface area contributed by atoms with Gasteiger partial charge in [-0.2, -0.15) is 4.31 Å². The van der Waals surface area contributed by atoms with Crippen molar-refractivity contribution in [2.75, 3.05) is 26.4 Å². The lowest BCUT2D eigenvalue weighted by Gasteiger charge is -2.33. The Labute approximate surface area is 120 Å². The van der Waals surface area contributed by atoms with Crippen molar-refractivity contribution in [1.29, 1.82) is 0 Å². The molecule has 1 fully saturated rings. The Morgan fingerprint density at radius 1 is 1.35 bits per heavy atom. The second-order valence-electron chi connectivity index (χ2n) is 5.25. The second-order valence-corrected chi connectivity index (χ2v) is 7.14. The molecular formula is C14H21NO4S. The first-order chi connectivity index (χ1) is 9.46. The van der Waals surface area contributed by atoms with E-state index in [4.69, 9.17) is 4.74 Å². The van der Waals surface area contributed by atoms with Crippen molar-refractivity contribution in [3.63, 3.8) is 0 Å². The Hall–Kier alpha value is -0.950. The first kappa shape index (κ1) is 15.4. The van der Waals surface area contributed by atoms with E-state index < -0.39 is 16.1 Å². The van der Waals surface area contributed by atoms with Gasteiger partial charge in [-0.1, -0.05) is 26.0 Å². The van der Waals surface area contributed by atoms with Gasteiger partial charge in [0.25, 0.3) is 0 Å². The molecule has 1 aliphatic heterocycles. The molecule has 0 bridgehead atoms. The highest BCUT2D eigenvalue weighted by Gasteiger charge is 2.33. The summed E-state index contributed by atoms with van der Waals surface area (Å²) in [5.74, 6) is 0.361.